The summed E-state index contributed by atoms with van der Waals surface area (Å²) in [5.74, 6) is 0.454. The molecule has 5 heteroatoms. The van der Waals surface area contributed by atoms with Gasteiger partial charge in [-0.05, 0) is 43.5 Å². The summed E-state index contributed by atoms with van der Waals surface area (Å²) in [5.41, 5.74) is 4.39. The number of imidazole rings is 1. The molecule has 0 bridgehead atoms. The topological polar surface area (TPSA) is 64.4 Å². The minimum Gasteiger partial charge on any atom is -0.481 e. The Balaban J connectivity index is 2.10. The number of ether oxygens (including phenoxy) is 1. The van der Waals surface area contributed by atoms with E-state index in [9.17, 15) is 4.79 Å². The minimum atomic E-state index is -0.783. The summed E-state index contributed by atoms with van der Waals surface area (Å²) < 4.78 is 7.53. The van der Waals surface area contributed by atoms with Gasteiger partial charge in [-0.15, -0.1) is 0 Å². The first-order valence-electron chi connectivity index (χ1n) is 7.33. The predicted molar refractivity (Wildman–Crippen MR) is 79.6 cm³/mol. The fraction of sp³-hybridized carbons (Fsp3) is 0.500. The molecule has 0 radical (unpaired) electrons. The van der Waals surface area contributed by atoms with E-state index in [1.165, 1.54) is 11.1 Å². The number of hydrogen-bond donors (Lipinski definition) is 1. The first-order chi connectivity index (χ1) is 10.1. The van der Waals surface area contributed by atoms with Crippen LogP contribution >= 0.6 is 0 Å². The molecular weight excluding hydrogens is 268 g/mol. The summed E-state index contributed by atoms with van der Waals surface area (Å²) in [5, 5.41) is 8.98. The molecule has 0 amide bonds. The fourth-order valence-corrected chi connectivity index (χ4v) is 2.89. The smallest absolute Gasteiger partial charge is 0.305 e. The number of benzene rings is 1. The van der Waals surface area contributed by atoms with Crippen molar-refractivity contribution < 1.29 is 14.6 Å². The summed E-state index contributed by atoms with van der Waals surface area (Å²) in [6.07, 6.45) is 1.06. The monoisotopic (exact) mass is 288 g/mol. The third-order valence-corrected chi connectivity index (χ3v) is 4.24. The highest BCUT2D eigenvalue weighted by Crippen LogP contribution is 2.29. The lowest BCUT2D eigenvalue weighted by Gasteiger charge is -2.12. The summed E-state index contributed by atoms with van der Waals surface area (Å²) in [6.45, 7) is 6.03. The summed E-state index contributed by atoms with van der Waals surface area (Å²) in [4.78, 5) is 15.7. The first kappa shape index (κ1) is 14.1. The van der Waals surface area contributed by atoms with Gasteiger partial charge in [0.15, 0.2) is 0 Å². The van der Waals surface area contributed by atoms with E-state index >= 15 is 0 Å². The van der Waals surface area contributed by atoms with Crippen LogP contribution in [-0.4, -0.2) is 33.8 Å². The molecule has 5 nitrogen and oxygen atoms in total. The van der Waals surface area contributed by atoms with Crippen LogP contribution in [0.4, 0.5) is 0 Å². The fourth-order valence-electron chi connectivity index (χ4n) is 2.89. The van der Waals surface area contributed by atoms with E-state index in [0.29, 0.717) is 13.2 Å². The van der Waals surface area contributed by atoms with Crippen molar-refractivity contribution in [3.63, 3.8) is 0 Å². The lowest BCUT2D eigenvalue weighted by molar-refractivity contribution is -0.137. The molecule has 1 saturated heterocycles. The Hall–Kier alpha value is -1.88. The van der Waals surface area contributed by atoms with Crippen molar-refractivity contribution >= 4 is 17.0 Å². The zero-order chi connectivity index (χ0) is 15.0. The zero-order valence-corrected chi connectivity index (χ0v) is 12.4. The molecule has 0 aliphatic carbocycles. The molecule has 0 saturated carbocycles. The summed E-state index contributed by atoms with van der Waals surface area (Å²) in [6, 6.07) is 4.19. The molecule has 1 N–H and O–H groups in total. The predicted octanol–water partition coefficient (Wildman–Crippen LogP) is 2.63. The second kappa shape index (κ2) is 5.48. The van der Waals surface area contributed by atoms with Crippen molar-refractivity contribution in [3.05, 3.63) is 29.1 Å². The van der Waals surface area contributed by atoms with Gasteiger partial charge in [0.25, 0.3) is 0 Å². The van der Waals surface area contributed by atoms with E-state index in [0.717, 1.165) is 29.9 Å². The van der Waals surface area contributed by atoms with E-state index in [1.807, 2.05) is 0 Å². The van der Waals surface area contributed by atoms with Crippen molar-refractivity contribution in [1.29, 1.82) is 0 Å². The standard InChI is InChI=1S/C16H20N2O3/c1-10-7-13-14(8-11(10)2)18(5-3-15(19)20)16(17-13)12-4-6-21-9-12/h7-8,12H,3-6,9H2,1-2H3,(H,19,20). The molecule has 1 aromatic heterocycles. The van der Waals surface area contributed by atoms with Crippen molar-refractivity contribution in [2.24, 2.45) is 0 Å². The molecular formula is C16H20N2O3. The third-order valence-electron chi connectivity index (χ3n) is 4.24. The molecule has 1 unspecified atom stereocenters. The maximum Gasteiger partial charge on any atom is 0.305 e. The lowest BCUT2D eigenvalue weighted by Crippen LogP contribution is -2.12. The molecule has 21 heavy (non-hydrogen) atoms. The van der Waals surface area contributed by atoms with Gasteiger partial charge >= 0.3 is 5.97 Å². The Morgan fingerprint density at radius 1 is 1.43 bits per heavy atom. The van der Waals surface area contributed by atoms with E-state index in [-0.39, 0.29) is 12.3 Å². The molecule has 1 atom stereocenters. The summed E-state index contributed by atoms with van der Waals surface area (Å²) in [7, 11) is 0. The van der Waals surface area contributed by atoms with Crippen LogP contribution in [-0.2, 0) is 16.1 Å². The van der Waals surface area contributed by atoms with Gasteiger partial charge in [-0.2, -0.15) is 0 Å². The van der Waals surface area contributed by atoms with Crippen LogP contribution in [0.2, 0.25) is 0 Å². The van der Waals surface area contributed by atoms with Gasteiger partial charge in [0, 0.05) is 19.1 Å². The molecule has 1 aliphatic heterocycles. The maximum absolute atomic E-state index is 10.9. The van der Waals surface area contributed by atoms with Crippen molar-refractivity contribution in [1.82, 2.24) is 9.55 Å². The molecule has 1 aromatic carbocycles. The normalized spacial score (nSPS) is 18.5. The number of rotatable bonds is 4. The van der Waals surface area contributed by atoms with E-state index in [1.54, 1.807) is 0 Å². The minimum absolute atomic E-state index is 0.110. The molecule has 2 heterocycles. The zero-order valence-electron chi connectivity index (χ0n) is 12.4. The van der Waals surface area contributed by atoms with Gasteiger partial charge in [-0.3, -0.25) is 4.79 Å². The van der Waals surface area contributed by atoms with E-state index in [4.69, 9.17) is 14.8 Å². The van der Waals surface area contributed by atoms with Gasteiger partial charge in [-0.25, -0.2) is 4.98 Å². The van der Waals surface area contributed by atoms with Gasteiger partial charge < -0.3 is 14.4 Å². The number of aromatic nitrogens is 2. The maximum atomic E-state index is 10.9. The number of hydrogen-bond acceptors (Lipinski definition) is 3. The Morgan fingerprint density at radius 3 is 2.86 bits per heavy atom. The third kappa shape index (κ3) is 2.65. The van der Waals surface area contributed by atoms with Crippen LogP contribution in [0.15, 0.2) is 12.1 Å². The van der Waals surface area contributed by atoms with Gasteiger partial charge in [0.1, 0.15) is 5.82 Å². The Morgan fingerprint density at radius 2 is 2.19 bits per heavy atom. The number of aryl methyl sites for hydroxylation is 3. The van der Waals surface area contributed by atoms with Crippen molar-refractivity contribution in [2.75, 3.05) is 13.2 Å². The second-order valence-electron chi connectivity index (χ2n) is 5.75. The van der Waals surface area contributed by atoms with Crippen molar-refractivity contribution in [2.45, 2.75) is 39.2 Å². The van der Waals surface area contributed by atoms with Gasteiger partial charge in [0.2, 0.25) is 0 Å². The van der Waals surface area contributed by atoms with E-state index in [2.05, 4.69) is 30.5 Å². The van der Waals surface area contributed by atoms with Gasteiger partial charge in [0.05, 0.1) is 24.1 Å². The van der Waals surface area contributed by atoms with Crippen LogP contribution in [0.1, 0.15) is 35.7 Å². The average molecular weight is 288 g/mol. The highest BCUT2D eigenvalue weighted by molar-refractivity contribution is 5.78. The molecule has 2 aromatic rings. The highest BCUT2D eigenvalue weighted by Gasteiger charge is 2.24. The molecule has 0 spiro atoms. The van der Waals surface area contributed by atoms with Crippen molar-refractivity contribution in [3.8, 4) is 0 Å². The van der Waals surface area contributed by atoms with Crippen LogP contribution in [0, 0.1) is 13.8 Å². The van der Waals surface area contributed by atoms with Crippen LogP contribution < -0.4 is 0 Å². The molecule has 3 rings (SSSR count). The largest absolute Gasteiger partial charge is 0.481 e. The highest BCUT2D eigenvalue weighted by atomic mass is 16.5. The average Bonchev–Trinajstić information content (AvgIpc) is 3.04. The first-order valence-corrected chi connectivity index (χ1v) is 7.33. The lowest BCUT2D eigenvalue weighted by atomic mass is 10.1. The van der Waals surface area contributed by atoms with E-state index < -0.39 is 5.97 Å². The number of carboxylic acid groups (broad SMARTS) is 1. The SMILES string of the molecule is Cc1cc2nc(C3CCOC3)n(CCC(=O)O)c2cc1C. The Bertz CT molecular complexity index is 684. The Kier molecular flexibility index (Phi) is 3.68. The molecule has 1 aliphatic rings. The van der Waals surface area contributed by atoms with Crippen LogP contribution in [0.5, 0.6) is 0 Å². The number of fused-ring (bicyclic) bond motifs is 1. The van der Waals surface area contributed by atoms with Gasteiger partial charge in [-0.1, -0.05) is 0 Å². The summed E-state index contributed by atoms with van der Waals surface area (Å²) >= 11 is 0. The number of aliphatic carboxylic acids is 1. The van der Waals surface area contributed by atoms with Crippen LogP contribution in [0.3, 0.4) is 0 Å². The number of carbonyl (C=O) groups is 1. The molecule has 112 valence electrons. The number of carboxylic acids is 1. The quantitative estimate of drug-likeness (QED) is 0.939. The van der Waals surface area contributed by atoms with Crippen LogP contribution in [0.25, 0.3) is 11.0 Å². The number of nitrogens with zero attached hydrogens (tertiary/aromatic N) is 2. The Labute approximate surface area is 123 Å². The molecule has 1 fully saturated rings. The second-order valence-corrected chi connectivity index (χ2v) is 5.75.